The van der Waals surface area contributed by atoms with Gasteiger partial charge in [-0.1, -0.05) is 41.9 Å². The van der Waals surface area contributed by atoms with Crippen molar-refractivity contribution in [2.45, 2.75) is 37.3 Å². The lowest BCUT2D eigenvalue weighted by Crippen LogP contribution is -2.48. The van der Waals surface area contributed by atoms with E-state index in [0.717, 1.165) is 11.3 Å². The Morgan fingerprint density at radius 2 is 1.81 bits per heavy atom. The van der Waals surface area contributed by atoms with Gasteiger partial charge in [0.25, 0.3) is 0 Å². The Hall–Kier alpha value is -1.79. The van der Waals surface area contributed by atoms with Crippen LogP contribution >= 0.6 is 11.6 Å². The van der Waals surface area contributed by atoms with Crippen LogP contribution in [0.25, 0.3) is 0 Å². The van der Waals surface area contributed by atoms with Crippen LogP contribution in [0.1, 0.15) is 12.0 Å². The molecule has 140 valence electrons. The second kappa shape index (κ2) is 8.27. The predicted octanol–water partition coefficient (Wildman–Crippen LogP) is 2.69. The molecule has 1 saturated carbocycles. The van der Waals surface area contributed by atoms with Crippen LogP contribution in [0.2, 0.25) is 5.02 Å². The maximum absolute atomic E-state index is 10.8. The van der Waals surface area contributed by atoms with E-state index in [1.54, 1.807) is 19.2 Å². The molecule has 3 N–H and O–H groups in total. The molecule has 26 heavy (non-hydrogen) atoms. The topological polar surface area (TPSA) is 68.0 Å². The summed E-state index contributed by atoms with van der Waals surface area (Å²) in [4.78, 5) is 2.06. The third-order valence-electron chi connectivity index (χ3n) is 4.91. The zero-order chi connectivity index (χ0) is 18.7. The monoisotopic (exact) mass is 376 g/mol. The SMILES string of the molecule is COc1ccccc1CN(C)[C@@H]1[C@@H](O)[C@H](Oc2ccccc2Cl)C[C@H]1N. The van der Waals surface area contributed by atoms with Crippen LogP contribution in [0, 0.1) is 0 Å². The fourth-order valence-electron chi connectivity index (χ4n) is 3.64. The molecule has 1 fully saturated rings. The highest BCUT2D eigenvalue weighted by molar-refractivity contribution is 6.32. The van der Waals surface area contributed by atoms with Gasteiger partial charge < -0.3 is 20.3 Å². The average molecular weight is 377 g/mol. The smallest absolute Gasteiger partial charge is 0.138 e. The summed E-state index contributed by atoms with van der Waals surface area (Å²) >= 11 is 6.16. The van der Waals surface area contributed by atoms with Crippen molar-refractivity contribution in [3.8, 4) is 11.5 Å². The van der Waals surface area contributed by atoms with E-state index in [1.807, 2.05) is 43.4 Å². The predicted molar refractivity (Wildman–Crippen MR) is 103 cm³/mol. The first-order valence-corrected chi connectivity index (χ1v) is 9.06. The number of hydrogen-bond donors (Lipinski definition) is 2. The highest BCUT2D eigenvalue weighted by Crippen LogP contribution is 2.32. The molecule has 0 unspecified atom stereocenters. The van der Waals surface area contributed by atoms with Crippen LogP contribution in [0.15, 0.2) is 48.5 Å². The summed E-state index contributed by atoms with van der Waals surface area (Å²) < 4.78 is 11.4. The number of rotatable bonds is 6. The van der Waals surface area contributed by atoms with Crippen molar-refractivity contribution in [2.24, 2.45) is 5.73 Å². The first-order valence-electron chi connectivity index (χ1n) is 8.68. The van der Waals surface area contributed by atoms with E-state index in [1.165, 1.54) is 0 Å². The van der Waals surface area contributed by atoms with E-state index in [0.29, 0.717) is 23.7 Å². The number of aliphatic hydroxyl groups is 1. The molecule has 0 amide bonds. The summed E-state index contributed by atoms with van der Waals surface area (Å²) in [7, 11) is 3.61. The van der Waals surface area contributed by atoms with Crippen molar-refractivity contribution in [2.75, 3.05) is 14.2 Å². The van der Waals surface area contributed by atoms with Crippen molar-refractivity contribution in [1.82, 2.24) is 4.90 Å². The van der Waals surface area contributed by atoms with Crippen LogP contribution in [0.3, 0.4) is 0 Å². The zero-order valence-electron chi connectivity index (χ0n) is 15.0. The Morgan fingerprint density at radius 3 is 2.50 bits per heavy atom. The summed E-state index contributed by atoms with van der Waals surface area (Å²) in [6, 6.07) is 14.7. The zero-order valence-corrected chi connectivity index (χ0v) is 15.8. The first kappa shape index (κ1) is 19.0. The highest BCUT2D eigenvalue weighted by Gasteiger charge is 2.44. The molecule has 0 spiro atoms. The van der Waals surface area contributed by atoms with Crippen molar-refractivity contribution >= 4 is 11.6 Å². The maximum Gasteiger partial charge on any atom is 0.138 e. The third kappa shape index (κ3) is 3.96. The molecule has 0 aromatic heterocycles. The number of nitrogens with zero attached hydrogens (tertiary/aromatic N) is 1. The highest BCUT2D eigenvalue weighted by atomic mass is 35.5. The molecule has 5 nitrogen and oxygen atoms in total. The van der Waals surface area contributed by atoms with Gasteiger partial charge in [0.15, 0.2) is 0 Å². The first-order chi connectivity index (χ1) is 12.5. The van der Waals surface area contributed by atoms with Gasteiger partial charge in [-0.05, 0) is 25.2 Å². The summed E-state index contributed by atoms with van der Waals surface area (Å²) in [5.41, 5.74) is 7.38. The largest absolute Gasteiger partial charge is 0.496 e. The Bertz CT molecular complexity index is 743. The normalized spacial score (nSPS) is 25.5. The molecule has 0 saturated heterocycles. The molecule has 0 heterocycles. The van der Waals surface area contributed by atoms with Gasteiger partial charge in [-0.2, -0.15) is 0 Å². The number of aliphatic hydroxyl groups excluding tert-OH is 1. The summed E-state index contributed by atoms with van der Waals surface area (Å²) in [5, 5.41) is 11.4. The second-order valence-corrected chi connectivity index (χ2v) is 7.10. The Balaban J connectivity index is 1.71. The van der Waals surface area contributed by atoms with E-state index in [2.05, 4.69) is 4.90 Å². The Kier molecular flexibility index (Phi) is 6.04. The summed E-state index contributed by atoms with van der Waals surface area (Å²) in [6.07, 6.45) is -0.538. The fourth-order valence-corrected chi connectivity index (χ4v) is 3.82. The minimum absolute atomic E-state index is 0.197. The number of halogens is 1. The number of para-hydroxylation sites is 2. The number of ether oxygens (including phenoxy) is 2. The van der Waals surface area contributed by atoms with Crippen molar-refractivity contribution in [3.63, 3.8) is 0 Å². The molecule has 0 radical (unpaired) electrons. The van der Waals surface area contributed by atoms with Crippen molar-refractivity contribution < 1.29 is 14.6 Å². The van der Waals surface area contributed by atoms with Gasteiger partial charge in [-0.15, -0.1) is 0 Å². The fraction of sp³-hybridized carbons (Fsp3) is 0.400. The molecule has 1 aliphatic rings. The van der Waals surface area contributed by atoms with E-state index in [-0.39, 0.29) is 12.1 Å². The second-order valence-electron chi connectivity index (χ2n) is 6.69. The number of benzene rings is 2. The van der Waals surface area contributed by atoms with Gasteiger partial charge in [0.2, 0.25) is 0 Å². The average Bonchev–Trinajstić information content (AvgIpc) is 2.91. The van der Waals surface area contributed by atoms with Crippen LogP contribution in [-0.2, 0) is 6.54 Å². The lowest BCUT2D eigenvalue weighted by atomic mass is 10.1. The van der Waals surface area contributed by atoms with Crippen LogP contribution in [0.5, 0.6) is 11.5 Å². The lowest BCUT2D eigenvalue weighted by Gasteiger charge is -2.31. The van der Waals surface area contributed by atoms with Gasteiger partial charge in [0, 0.05) is 24.6 Å². The number of methoxy groups -OCH3 is 1. The molecule has 3 rings (SSSR count). The van der Waals surface area contributed by atoms with Gasteiger partial charge in [0.1, 0.15) is 23.7 Å². The van der Waals surface area contributed by atoms with E-state index < -0.39 is 12.2 Å². The molecule has 0 bridgehead atoms. The molecule has 0 aliphatic heterocycles. The van der Waals surface area contributed by atoms with Gasteiger partial charge in [-0.3, -0.25) is 4.90 Å². The van der Waals surface area contributed by atoms with Gasteiger partial charge >= 0.3 is 0 Å². The minimum atomic E-state index is -0.707. The molecule has 1 aliphatic carbocycles. The van der Waals surface area contributed by atoms with Gasteiger partial charge in [-0.25, -0.2) is 0 Å². The van der Waals surface area contributed by atoms with Crippen LogP contribution in [0.4, 0.5) is 0 Å². The lowest BCUT2D eigenvalue weighted by molar-refractivity contribution is 0.0136. The summed E-state index contributed by atoms with van der Waals surface area (Å²) in [5.74, 6) is 1.39. The number of nitrogens with two attached hydrogens (primary N) is 1. The molecule has 2 aromatic carbocycles. The van der Waals surface area contributed by atoms with E-state index in [9.17, 15) is 5.11 Å². The summed E-state index contributed by atoms with van der Waals surface area (Å²) in [6.45, 7) is 0.623. The quantitative estimate of drug-likeness (QED) is 0.811. The third-order valence-corrected chi connectivity index (χ3v) is 5.22. The van der Waals surface area contributed by atoms with Crippen LogP contribution in [-0.4, -0.2) is 48.5 Å². The Morgan fingerprint density at radius 1 is 1.15 bits per heavy atom. The van der Waals surface area contributed by atoms with Crippen molar-refractivity contribution in [3.05, 3.63) is 59.1 Å². The van der Waals surface area contributed by atoms with Gasteiger partial charge in [0.05, 0.1) is 18.2 Å². The number of hydrogen-bond acceptors (Lipinski definition) is 5. The van der Waals surface area contributed by atoms with E-state index in [4.69, 9.17) is 26.8 Å². The number of likely N-dealkylation sites (N-methyl/N-ethyl adjacent to an activating group) is 1. The molecule has 4 atom stereocenters. The van der Waals surface area contributed by atoms with Crippen molar-refractivity contribution in [1.29, 1.82) is 0 Å². The molecule has 6 heteroatoms. The molecular weight excluding hydrogens is 352 g/mol. The van der Waals surface area contributed by atoms with Crippen LogP contribution < -0.4 is 15.2 Å². The van der Waals surface area contributed by atoms with E-state index >= 15 is 0 Å². The maximum atomic E-state index is 10.8. The molecular formula is C20H25ClN2O3. The molecule has 2 aromatic rings. The Labute approximate surface area is 159 Å². The minimum Gasteiger partial charge on any atom is -0.496 e. The standard InChI is InChI=1S/C20H25ClN2O3/c1-23(12-13-7-3-5-9-16(13)25-2)19-15(22)11-18(20(19)24)26-17-10-6-4-8-14(17)21/h3-10,15,18-20,24H,11-12,22H2,1-2H3/t15-,18-,19+,20+/m1/s1.